The number of nitrogens with one attached hydrogen (secondary N) is 1. The molecule has 2 rings (SSSR count). The molecule has 110 valence electrons. The Morgan fingerprint density at radius 1 is 1.25 bits per heavy atom. The number of hydrogen-bond acceptors (Lipinski definition) is 6. The third-order valence-electron chi connectivity index (χ3n) is 2.38. The first-order valence-corrected chi connectivity index (χ1v) is 8.21. The van der Waals surface area contributed by atoms with Gasteiger partial charge in [0.1, 0.15) is 4.90 Å². The predicted octanol–water partition coefficient (Wildman–Crippen LogP) is -1.40. The van der Waals surface area contributed by atoms with Gasteiger partial charge < -0.3 is 0 Å². The van der Waals surface area contributed by atoms with Gasteiger partial charge in [0.2, 0.25) is 10.0 Å². The molecule has 0 atom stereocenters. The van der Waals surface area contributed by atoms with Crippen LogP contribution >= 0.6 is 0 Å². The minimum absolute atomic E-state index is 0.136. The van der Waals surface area contributed by atoms with Gasteiger partial charge >= 0.3 is 0 Å². The third kappa shape index (κ3) is 2.66. The standard InChI is InChI=1S/C8H12N6O4S2/c1-13-5-6(19(9,15)16)8(11-13)12-20(17,18)7-3-4-10-14(7)2/h3-5H,1-2H3,(H,11,12)(H2,9,15,16). The molecule has 0 saturated heterocycles. The summed E-state index contributed by atoms with van der Waals surface area (Å²) in [6, 6.07) is 1.27. The van der Waals surface area contributed by atoms with Crippen LogP contribution < -0.4 is 9.86 Å². The highest BCUT2D eigenvalue weighted by Crippen LogP contribution is 2.20. The highest BCUT2D eigenvalue weighted by Gasteiger charge is 2.25. The normalized spacial score (nSPS) is 12.6. The Bertz CT molecular complexity index is 847. The van der Waals surface area contributed by atoms with Crippen LogP contribution in [0.4, 0.5) is 5.82 Å². The van der Waals surface area contributed by atoms with E-state index >= 15 is 0 Å². The zero-order valence-electron chi connectivity index (χ0n) is 10.5. The number of anilines is 1. The minimum atomic E-state index is -4.10. The van der Waals surface area contributed by atoms with Gasteiger partial charge in [-0.15, -0.1) is 0 Å². The van der Waals surface area contributed by atoms with Gasteiger partial charge in [-0.2, -0.15) is 18.6 Å². The Kier molecular flexibility index (Phi) is 3.31. The van der Waals surface area contributed by atoms with Crippen molar-refractivity contribution in [3.05, 3.63) is 18.5 Å². The molecule has 2 aromatic rings. The first-order chi connectivity index (χ1) is 9.11. The minimum Gasteiger partial charge on any atom is -0.272 e. The number of aryl methyl sites for hydroxylation is 2. The van der Waals surface area contributed by atoms with E-state index in [1.54, 1.807) is 0 Å². The lowest BCUT2D eigenvalue weighted by molar-refractivity contribution is 0.581. The van der Waals surface area contributed by atoms with Crippen LogP contribution in [0.2, 0.25) is 0 Å². The van der Waals surface area contributed by atoms with Gasteiger partial charge in [-0.1, -0.05) is 0 Å². The first kappa shape index (κ1) is 14.5. The first-order valence-electron chi connectivity index (χ1n) is 5.18. The van der Waals surface area contributed by atoms with Crippen molar-refractivity contribution < 1.29 is 16.8 Å². The van der Waals surface area contributed by atoms with E-state index in [1.807, 2.05) is 0 Å². The van der Waals surface area contributed by atoms with Crippen molar-refractivity contribution in [3.8, 4) is 0 Å². The predicted molar refractivity (Wildman–Crippen MR) is 68.6 cm³/mol. The average molecular weight is 320 g/mol. The van der Waals surface area contributed by atoms with Gasteiger partial charge in [0.15, 0.2) is 10.8 Å². The number of primary sulfonamides is 1. The van der Waals surface area contributed by atoms with Crippen molar-refractivity contribution in [1.29, 1.82) is 0 Å². The SMILES string of the molecule is Cn1cc(S(N)(=O)=O)c(NS(=O)(=O)c2ccnn2C)n1. The van der Waals surface area contributed by atoms with Crippen LogP contribution in [0.3, 0.4) is 0 Å². The van der Waals surface area contributed by atoms with Gasteiger partial charge in [0, 0.05) is 20.3 Å². The summed E-state index contributed by atoms with van der Waals surface area (Å²) in [7, 11) is -5.23. The molecule has 2 aromatic heterocycles. The molecule has 0 unspecified atom stereocenters. The van der Waals surface area contributed by atoms with Gasteiger partial charge in [-0.05, 0) is 6.07 Å². The summed E-state index contributed by atoms with van der Waals surface area (Å²) >= 11 is 0. The summed E-state index contributed by atoms with van der Waals surface area (Å²) < 4.78 is 51.3. The summed E-state index contributed by atoms with van der Waals surface area (Å²) in [6.07, 6.45) is 2.41. The zero-order valence-corrected chi connectivity index (χ0v) is 12.2. The van der Waals surface area contributed by atoms with Crippen LogP contribution in [0.1, 0.15) is 0 Å². The number of nitrogens with two attached hydrogens (primary N) is 1. The molecule has 0 spiro atoms. The molecular weight excluding hydrogens is 308 g/mol. The van der Waals surface area contributed by atoms with Gasteiger partial charge in [-0.3, -0.25) is 14.1 Å². The maximum Gasteiger partial charge on any atom is 0.280 e. The molecule has 0 fully saturated rings. The Morgan fingerprint density at radius 2 is 1.90 bits per heavy atom. The number of nitrogens with zero attached hydrogens (tertiary/aromatic N) is 4. The zero-order chi connectivity index (χ0) is 15.1. The summed E-state index contributed by atoms with van der Waals surface area (Å²) in [5, 5.41) is 12.3. The van der Waals surface area contributed by atoms with Crippen molar-refractivity contribution in [2.75, 3.05) is 4.72 Å². The molecular formula is C8H12N6O4S2. The summed E-state index contributed by atoms with van der Waals surface area (Å²) in [4.78, 5) is -0.411. The maximum absolute atomic E-state index is 12.1. The second kappa shape index (κ2) is 4.57. The van der Waals surface area contributed by atoms with E-state index in [1.165, 1.54) is 26.4 Å². The fourth-order valence-electron chi connectivity index (χ4n) is 1.55. The highest BCUT2D eigenvalue weighted by molar-refractivity contribution is 7.93. The third-order valence-corrected chi connectivity index (χ3v) is 4.71. The number of hydrogen-bond donors (Lipinski definition) is 2. The van der Waals surface area contributed by atoms with E-state index in [2.05, 4.69) is 14.9 Å². The van der Waals surface area contributed by atoms with Crippen LogP contribution in [0, 0.1) is 0 Å². The van der Waals surface area contributed by atoms with E-state index in [4.69, 9.17) is 5.14 Å². The summed E-state index contributed by atoms with van der Waals surface area (Å²) in [6.45, 7) is 0. The Balaban J connectivity index is 2.49. The number of aromatic nitrogens is 4. The molecule has 0 radical (unpaired) electrons. The smallest absolute Gasteiger partial charge is 0.272 e. The monoisotopic (exact) mass is 320 g/mol. The number of rotatable bonds is 4. The second-order valence-corrected chi connectivity index (χ2v) is 7.12. The lowest BCUT2D eigenvalue weighted by Crippen LogP contribution is -2.20. The van der Waals surface area contributed by atoms with Crippen molar-refractivity contribution in [3.63, 3.8) is 0 Å². The molecule has 0 aliphatic carbocycles. The Morgan fingerprint density at radius 3 is 2.40 bits per heavy atom. The molecule has 2 heterocycles. The lowest BCUT2D eigenvalue weighted by atomic mass is 10.7. The molecule has 12 heteroatoms. The van der Waals surface area contributed by atoms with Crippen LogP contribution in [-0.2, 0) is 34.1 Å². The topological polar surface area (TPSA) is 142 Å². The van der Waals surface area contributed by atoms with E-state index < -0.39 is 24.9 Å². The number of sulfonamides is 2. The molecule has 0 bridgehead atoms. The van der Waals surface area contributed by atoms with E-state index in [0.29, 0.717) is 0 Å². The lowest BCUT2D eigenvalue weighted by Gasteiger charge is -2.06. The van der Waals surface area contributed by atoms with Gasteiger partial charge in [0.25, 0.3) is 10.0 Å². The van der Waals surface area contributed by atoms with Crippen molar-refractivity contribution in [1.82, 2.24) is 19.6 Å². The van der Waals surface area contributed by atoms with Gasteiger partial charge in [-0.25, -0.2) is 13.6 Å². The van der Waals surface area contributed by atoms with Gasteiger partial charge in [0.05, 0.1) is 6.20 Å². The van der Waals surface area contributed by atoms with Crippen LogP contribution in [-0.4, -0.2) is 36.4 Å². The molecule has 0 amide bonds. The van der Waals surface area contributed by atoms with Crippen molar-refractivity contribution in [2.24, 2.45) is 19.2 Å². The summed E-state index contributed by atoms with van der Waals surface area (Å²) in [5.74, 6) is -0.365. The molecule has 0 aromatic carbocycles. The van der Waals surface area contributed by atoms with Crippen LogP contribution in [0.15, 0.2) is 28.4 Å². The fourth-order valence-corrected chi connectivity index (χ4v) is 3.42. The van der Waals surface area contributed by atoms with E-state index in [0.717, 1.165) is 15.6 Å². The van der Waals surface area contributed by atoms with Crippen LogP contribution in [0.25, 0.3) is 0 Å². The Labute approximate surface area is 115 Å². The Hall–Kier alpha value is -1.92. The molecule has 3 N–H and O–H groups in total. The molecule has 0 saturated carbocycles. The molecule has 10 nitrogen and oxygen atoms in total. The van der Waals surface area contributed by atoms with E-state index in [9.17, 15) is 16.8 Å². The van der Waals surface area contributed by atoms with Crippen molar-refractivity contribution >= 4 is 25.9 Å². The summed E-state index contributed by atoms with van der Waals surface area (Å²) in [5.41, 5.74) is 0. The highest BCUT2D eigenvalue weighted by atomic mass is 32.2. The quantitative estimate of drug-likeness (QED) is 0.709. The largest absolute Gasteiger partial charge is 0.280 e. The molecule has 0 aliphatic heterocycles. The molecule has 20 heavy (non-hydrogen) atoms. The van der Waals surface area contributed by atoms with Crippen molar-refractivity contribution in [2.45, 2.75) is 9.92 Å². The second-order valence-electron chi connectivity index (χ2n) is 3.96. The maximum atomic E-state index is 12.1. The fraction of sp³-hybridized carbons (Fsp3) is 0.250. The average Bonchev–Trinajstić information content (AvgIpc) is 2.83. The van der Waals surface area contributed by atoms with E-state index in [-0.39, 0.29) is 10.8 Å². The van der Waals surface area contributed by atoms with Crippen LogP contribution in [0.5, 0.6) is 0 Å². The molecule has 0 aliphatic rings.